The van der Waals surface area contributed by atoms with Crippen molar-refractivity contribution in [1.82, 2.24) is 24.9 Å². The van der Waals surface area contributed by atoms with E-state index in [2.05, 4.69) is 91.0 Å². The second-order valence-electron chi connectivity index (χ2n) is 11.4. The van der Waals surface area contributed by atoms with Gasteiger partial charge in [0.25, 0.3) is 0 Å². The van der Waals surface area contributed by atoms with Crippen LogP contribution < -0.4 is 0 Å². The number of hydrogen-bond acceptors (Lipinski definition) is 6. The van der Waals surface area contributed by atoms with Gasteiger partial charge in [-0.2, -0.15) is 0 Å². The molecular weight excluding hydrogens is 595 g/mol. The van der Waals surface area contributed by atoms with Crippen molar-refractivity contribution in [2.75, 3.05) is 0 Å². The van der Waals surface area contributed by atoms with Gasteiger partial charge in [-0.1, -0.05) is 115 Å². The van der Waals surface area contributed by atoms with Gasteiger partial charge in [-0.25, -0.2) is 24.9 Å². The van der Waals surface area contributed by atoms with E-state index in [-0.39, 0.29) is 0 Å². The van der Waals surface area contributed by atoms with Crippen molar-refractivity contribution in [1.29, 1.82) is 0 Å². The molecule has 5 aromatic carbocycles. The first-order chi connectivity index (χ1) is 23.2. The monoisotopic (exact) mass is 619 g/mol. The zero-order chi connectivity index (χ0) is 31.2. The van der Waals surface area contributed by atoms with Crippen molar-refractivity contribution < 1.29 is 0 Å². The maximum absolute atomic E-state index is 5.07. The smallest absolute Gasteiger partial charge is 0.164 e. The van der Waals surface area contributed by atoms with Gasteiger partial charge in [0.15, 0.2) is 17.5 Å². The molecule has 0 radical (unpaired) electrons. The van der Waals surface area contributed by atoms with Crippen LogP contribution in [0, 0.1) is 0 Å². The molecule has 9 rings (SSSR count). The van der Waals surface area contributed by atoms with Gasteiger partial charge >= 0.3 is 0 Å². The molecule has 5 nitrogen and oxygen atoms in total. The lowest BCUT2D eigenvalue weighted by molar-refractivity contribution is 1.07. The molecule has 0 amide bonds. The van der Waals surface area contributed by atoms with E-state index >= 15 is 0 Å². The largest absolute Gasteiger partial charge is 0.246 e. The third-order valence-electron chi connectivity index (χ3n) is 8.35. The molecule has 0 fully saturated rings. The molecule has 0 atom stereocenters. The first kappa shape index (κ1) is 27.2. The number of nitrogens with zero attached hydrogens (tertiary/aromatic N) is 5. The zero-order valence-electron chi connectivity index (χ0n) is 25.1. The van der Waals surface area contributed by atoms with Crippen LogP contribution in [0.25, 0.3) is 87.9 Å². The summed E-state index contributed by atoms with van der Waals surface area (Å²) >= 11 is 1.72. The Morgan fingerprint density at radius 2 is 0.936 bits per heavy atom. The highest BCUT2D eigenvalue weighted by Crippen LogP contribution is 2.35. The Hall–Kier alpha value is -6.11. The van der Waals surface area contributed by atoms with E-state index in [1.807, 2.05) is 60.7 Å². The third-order valence-corrected chi connectivity index (χ3v) is 9.43. The molecule has 9 aromatic rings. The van der Waals surface area contributed by atoms with Crippen molar-refractivity contribution in [2.24, 2.45) is 0 Å². The highest BCUT2D eigenvalue weighted by Gasteiger charge is 2.14. The summed E-state index contributed by atoms with van der Waals surface area (Å²) in [7, 11) is 0. The Balaban J connectivity index is 1.10. The minimum atomic E-state index is 0.628. The fraction of sp³-hybridized carbons (Fsp3) is 0. The van der Waals surface area contributed by atoms with E-state index in [1.165, 1.54) is 15.5 Å². The predicted octanol–water partition coefficient (Wildman–Crippen LogP) is 10.5. The second-order valence-corrected chi connectivity index (χ2v) is 12.4. The lowest BCUT2D eigenvalue weighted by atomic mass is 10.0. The Kier molecular flexibility index (Phi) is 6.58. The highest BCUT2D eigenvalue weighted by atomic mass is 32.1. The van der Waals surface area contributed by atoms with Crippen LogP contribution in [-0.4, -0.2) is 24.9 Å². The summed E-state index contributed by atoms with van der Waals surface area (Å²) in [6.07, 6.45) is 0. The number of benzene rings is 5. The number of thiophene rings is 1. The molecule has 0 unspecified atom stereocenters. The van der Waals surface area contributed by atoms with Crippen LogP contribution in [-0.2, 0) is 0 Å². The molecule has 0 N–H and O–H groups in total. The Morgan fingerprint density at radius 1 is 0.362 bits per heavy atom. The molecule has 220 valence electrons. The molecule has 0 bridgehead atoms. The SMILES string of the molecule is c1ccc(-c2nc(-c3ccccc3)nc(-c3cccc(-c4ccc5ccc(-c6ccc7c(n6)sc6ccccc67)nc5c4)c3)n2)cc1. The molecule has 0 saturated carbocycles. The Morgan fingerprint density at radius 3 is 1.70 bits per heavy atom. The number of rotatable bonds is 5. The van der Waals surface area contributed by atoms with Crippen LogP contribution in [0.3, 0.4) is 0 Å². The molecule has 0 aliphatic heterocycles. The third kappa shape index (κ3) is 5.11. The van der Waals surface area contributed by atoms with Gasteiger partial charge < -0.3 is 0 Å². The van der Waals surface area contributed by atoms with Crippen molar-refractivity contribution in [3.63, 3.8) is 0 Å². The van der Waals surface area contributed by atoms with Gasteiger partial charge in [-0.15, -0.1) is 11.3 Å². The average Bonchev–Trinajstić information content (AvgIpc) is 3.53. The summed E-state index contributed by atoms with van der Waals surface area (Å²) in [5.41, 5.74) is 7.58. The molecule has 0 aliphatic carbocycles. The minimum absolute atomic E-state index is 0.628. The lowest BCUT2D eigenvalue weighted by Gasteiger charge is -2.10. The second kappa shape index (κ2) is 11.4. The van der Waals surface area contributed by atoms with E-state index in [4.69, 9.17) is 24.9 Å². The topological polar surface area (TPSA) is 64.5 Å². The highest BCUT2D eigenvalue weighted by molar-refractivity contribution is 7.25. The molecule has 4 aromatic heterocycles. The summed E-state index contributed by atoms with van der Waals surface area (Å²) in [5.74, 6) is 1.91. The minimum Gasteiger partial charge on any atom is -0.246 e. The first-order valence-electron chi connectivity index (χ1n) is 15.4. The fourth-order valence-electron chi connectivity index (χ4n) is 5.96. The van der Waals surface area contributed by atoms with E-state index < -0.39 is 0 Å². The average molecular weight is 620 g/mol. The van der Waals surface area contributed by atoms with Gasteiger partial charge in [0.1, 0.15) is 4.83 Å². The zero-order valence-corrected chi connectivity index (χ0v) is 25.9. The number of fused-ring (bicyclic) bond motifs is 4. The van der Waals surface area contributed by atoms with Crippen LogP contribution in [0.5, 0.6) is 0 Å². The maximum atomic E-state index is 5.07. The van der Waals surface area contributed by atoms with Crippen molar-refractivity contribution >= 4 is 42.5 Å². The van der Waals surface area contributed by atoms with Gasteiger partial charge in [0, 0.05) is 37.5 Å². The standard InChI is InChI=1S/C41H25N5S/c1-3-10-27(11-4-1)38-44-39(28-12-5-2-6-13-28)46-40(45-38)31-15-9-14-29(24-31)30-19-18-26-20-22-34(42-36(26)25-30)35-23-21-33-32-16-7-8-17-37(32)47-41(33)43-35/h1-25H. The van der Waals surface area contributed by atoms with Gasteiger partial charge in [-0.05, 0) is 47.5 Å². The summed E-state index contributed by atoms with van der Waals surface area (Å²) in [5, 5.41) is 3.51. The molecular formula is C41H25N5S. The summed E-state index contributed by atoms with van der Waals surface area (Å²) in [6.45, 7) is 0. The normalized spacial score (nSPS) is 11.4. The molecule has 4 heterocycles. The fourth-order valence-corrected chi connectivity index (χ4v) is 7.04. The first-order valence-corrected chi connectivity index (χ1v) is 16.2. The number of aromatic nitrogens is 5. The maximum Gasteiger partial charge on any atom is 0.164 e. The van der Waals surface area contributed by atoms with Crippen LogP contribution >= 0.6 is 11.3 Å². The van der Waals surface area contributed by atoms with Crippen LogP contribution in [0.4, 0.5) is 0 Å². The molecule has 47 heavy (non-hydrogen) atoms. The van der Waals surface area contributed by atoms with Crippen LogP contribution in [0.15, 0.2) is 152 Å². The van der Waals surface area contributed by atoms with Crippen molar-refractivity contribution in [3.05, 3.63) is 152 Å². The van der Waals surface area contributed by atoms with E-state index in [1.54, 1.807) is 11.3 Å². The predicted molar refractivity (Wildman–Crippen MR) is 193 cm³/mol. The van der Waals surface area contributed by atoms with Crippen LogP contribution in [0.2, 0.25) is 0 Å². The Bertz CT molecular complexity index is 2520. The summed E-state index contributed by atoms with van der Waals surface area (Å²) < 4.78 is 1.25. The number of hydrogen-bond donors (Lipinski definition) is 0. The van der Waals surface area contributed by atoms with Gasteiger partial charge in [0.05, 0.1) is 16.9 Å². The van der Waals surface area contributed by atoms with E-state index in [0.29, 0.717) is 17.5 Å². The van der Waals surface area contributed by atoms with E-state index in [9.17, 15) is 0 Å². The molecule has 0 aliphatic rings. The Labute approximate surface area is 275 Å². The lowest BCUT2D eigenvalue weighted by Crippen LogP contribution is -2.00. The van der Waals surface area contributed by atoms with Crippen molar-refractivity contribution in [2.45, 2.75) is 0 Å². The van der Waals surface area contributed by atoms with E-state index in [0.717, 1.165) is 54.9 Å². The summed E-state index contributed by atoms with van der Waals surface area (Å²) in [4.78, 5) is 25.8. The molecule has 0 saturated heterocycles. The summed E-state index contributed by atoms with van der Waals surface area (Å²) in [6, 6.07) is 51.7. The number of pyridine rings is 2. The van der Waals surface area contributed by atoms with Crippen LogP contribution in [0.1, 0.15) is 0 Å². The van der Waals surface area contributed by atoms with Gasteiger partial charge in [-0.3, -0.25) is 0 Å². The van der Waals surface area contributed by atoms with Gasteiger partial charge in [0.2, 0.25) is 0 Å². The quantitative estimate of drug-likeness (QED) is 0.192. The molecule has 0 spiro atoms. The van der Waals surface area contributed by atoms with Crippen molar-refractivity contribution in [3.8, 4) is 56.7 Å². The molecule has 6 heteroatoms.